The number of hydrogen-bond acceptors (Lipinski definition) is 2. The number of urea groups is 1. The fourth-order valence-electron chi connectivity index (χ4n) is 3.12. The molecule has 142 valence electrons. The average molecular weight is 391 g/mol. The molecule has 0 spiro atoms. The third kappa shape index (κ3) is 4.77. The van der Waals surface area contributed by atoms with Crippen LogP contribution in [0.4, 0.5) is 9.18 Å². The largest absolute Gasteiger partial charge is 0.481 e. The number of rotatable bonds is 4. The van der Waals surface area contributed by atoms with Crippen molar-refractivity contribution >= 4 is 23.6 Å². The maximum Gasteiger partial charge on any atom is 0.317 e. The van der Waals surface area contributed by atoms with Gasteiger partial charge in [0.05, 0.1) is 5.92 Å². The van der Waals surface area contributed by atoms with E-state index in [9.17, 15) is 14.0 Å². The molecule has 2 amide bonds. The van der Waals surface area contributed by atoms with Gasteiger partial charge in [-0.05, 0) is 42.2 Å². The highest BCUT2D eigenvalue weighted by molar-refractivity contribution is 6.30. The molecule has 2 N–H and O–H groups in total. The lowest BCUT2D eigenvalue weighted by Crippen LogP contribution is -2.45. The molecule has 1 heterocycles. The first kappa shape index (κ1) is 19.2. The van der Waals surface area contributed by atoms with Crippen molar-refractivity contribution in [2.75, 3.05) is 13.1 Å². The van der Waals surface area contributed by atoms with E-state index in [0.29, 0.717) is 36.5 Å². The van der Waals surface area contributed by atoms with Crippen LogP contribution in [0.15, 0.2) is 42.5 Å². The van der Waals surface area contributed by atoms with Gasteiger partial charge in [0.15, 0.2) is 0 Å². The Hall–Kier alpha value is -2.60. The van der Waals surface area contributed by atoms with Crippen molar-refractivity contribution < 1.29 is 19.1 Å². The van der Waals surface area contributed by atoms with Crippen LogP contribution in [0, 0.1) is 11.7 Å². The van der Waals surface area contributed by atoms with Crippen LogP contribution in [0.2, 0.25) is 5.02 Å². The number of amides is 2. The minimum atomic E-state index is -0.821. The number of nitrogens with one attached hydrogen (secondary N) is 1. The van der Waals surface area contributed by atoms with E-state index in [0.717, 1.165) is 11.1 Å². The molecule has 1 fully saturated rings. The van der Waals surface area contributed by atoms with Crippen LogP contribution >= 0.6 is 11.6 Å². The van der Waals surface area contributed by atoms with Gasteiger partial charge in [-0.15, -0.1) is 0 Å². The number of benzene rings is 2. The molecule has 1 saturated heterocycles. The van der Waals surface area contributed by atoms with Gasteiger partial charge in [-0.2, -0.15) is 0 Å². The lowest BCUT2D eigenvalue weighted by Gasteiger charge is -2.30. The molecule has 3 rings (SSSR count). The minimum absolute atomic E-state index is 0.0738. The Bertz CT molecular complexity index is 834. The van der Waals surface area contributed by atoms with Crippen molar-refractivity contribution in [2.24, 2.45) is 5.92 Å². The molecule has 0 bridgehead atoms. The zero-order valence-corrected chi connectivity index (χ0v) is 15.4. The number of carboxylic acid groups (broad SMARTS) is 1. The summed E-state index contributed by atoms with van der Waals surface area (Å²) in [5.41, 5.74) is 1.98. The number of halogens is 2. The molecule has 27 heavy (non-hydrogen) atoms. The van der Waals surface area contributed by atoms with Crippen LogP contribution in [0.1, 0.15) is 18.4 Å². The Morgan fingerprint density at radius 2 is 1.74 bits per heavy atom. The van der Waals surface area contributed by atoms with Gasteiger partial charge in [0.2, 0.25) is 0 Å². The SMILES string of the molecule is O=C(O)C1CCN(C(=O)NCc2ccc(-c3ccc(Cl)cc3)cc2F)CC1. The Kier molecular flexibility index (Phi) is 5.96. The second kappa shape index (κ2) is 8.39. The average Bonchev–Trinajstić information content (AvgIpc) is 2.67. The topological polar surface area (TPSA) is 69.6 Å². The second-order valence-electron chi connectivity index (χ2n) is 6.57. The second-order valence-corrected chi connectivity index (χ2v) is 7.01. The molecule has 0 saturated carbocycles. The Labute approximate surface area is 161 Å². The van der Waals surface area contributed by atoms with E-state index >= 15 is 0 Å². The maximum atomic E-state index is 14.4. The molecule has 5 nitrogen and oxygen atoms in total. The number of carbonyl (C=O) groups is 2. The van der Waals surface area contributed by atoms with Crippen LogP contribution in [-0.2, 0) is 11.3 Å². The third-order valence-electron chi connectivity index (χ3n) is 4.79. The van der Waals surface area contributed by atoms with E-state index in [-0.39, 0.29) is 12.6 Å². The highest BCUT2D eigenvalue weighted by Crippen LogP contribution is 2.24. The predicted molar refractivity (Wildman–Crippen MR) is 101 cm³/mol. The lowest BCUT2D eigenvalue weighted by molar-refractivity contribution is -0.143. The molecule has 7 heteroatoms. The van der Waals surface area contributed by atoms with E-state index in [1.807, 2.05) is 12.1 Å². The highest BCUT2D eigenvalue weighted by Gasteiger charge is 2.26. The lowest BCUT2D eigenvalue weighted by atomic mass is 9.97. The van der Waals surface area contributed by atoms with Crippen LogP contribution in [0.5, 0.6) is 0 Å². The summed E-state index contributed by atoms with van der Waals surface area (Å²) in [7, 11) is 0. The van der Waals surface area contributed by atoms with Crippen LogP contribution in [0.25, 0.3) is 11.1 Å². The van der Waals surface area contributed by atoms with Crippen LogP contribution in [0.3, 0.4) is 0 Å². The van der Waals surface area contributed by atoms with Crippen molar-refractivity contribution in [3.63, 3.8) is 0 Å². The Morgan fingerprint density at radius 1 is 1.11 bits per heavy atom. The monoisotopic (exact) mass is 390 g/mol. The summed E-state index contributed by atoms with van der Waals surface area (Å²) in [5, 5.41) is 12.3. The Morgan fingerprint density at radius 3 is 2.33 bits per heavy atom. The molecule has 0 aromatic heterocycles. The third-order valence-corrected chi connectivity index (χ3v) is 5.04. The van der Waals surface area contributed by atoms with Crippen LogP contribution < -0.4 is 5.32 Å². The van der Waals surface area contributed by atoms with Gasteiger partial charge in [0.1, 0.15) is 5.82 Å². The van der Waals surface area contributed by atoms with E-state index in [2.05, 4.69) is 5.32 Å². The summed E-state index contributed by atoms with van der Waals surface area (Å²) in [4.78, 5) is 24.7. The highest BCUT2D eigenvalue weighted by atomic mass is 35.5. The number of carboxylic acids is 1. The molecule has 2 aromatic rings. The van der Waals surface area contributed by atoms with E-state index < -0.39 is 17.7 Å². The standard InChI is InChI=1S/C20H20ClFN2O3/c21-17-5-3-13(4-6-17)15-1-2-16(18(22)11-15)12-23-20(27)24-9-7-14(8-10-24)19(25)26/h1-6,11,14H,7-10,12H2,(H,23,27)(H,25,26). The summed E-state index contributed by atoms with van der Waals surface area (Å²) >= 11 is 5.87. The molecule has 0 atom stereocenters. The van der Waals surface area contributed by atoms with Gasteiger partial charge in [0.25, 0.3) is 0 Å². The number of hydrogen-bond donors (Lipinski definition) is 2. The zero-order valence-electron chi connectivity index (χ0n) is 14.6. The normalized spacial score (nSPS) is 14.8. The zero-order chi connectivity index (χ0) is 19.4. The van der Waals surface area contributed by atoms with Crippen molar-refractivity contribution in [3.05, 3.63) is 58.9 Å². The summed E-state index contributed by atoms with van der Waals surface area (Å²) in [6.07, 6.45) is 0.875. The Balaban J connectivity index is 1.57. The number of likely N-dealkylation sites (tertiary alicyclic amines) is 1. The predicted octanol–water partition coefficient (Wildman–Crippen LogP) is 4.15. The van der Waals surface area contributed by atoms with Gasteiger partial charge in [-0.25, -0.2) is 9.18 Å². The van der Waals surface area contributed by atoms with Gasteiger partial charge in [-0.3, -0.25) is 4.79 Å². The molecule has 0 unspecified atom stereocenters. The van der Waals surface area contributed by atoms with Crippen molar-refractivity contribution in [2.45, 2.75) is 19.4 Å². The molecule has 1 aliphatic heterocycles. The number of piperidine rings is 1. The summed E-state index contributed by atoms with van der Waals surface area (Å²) in [5.74, 6) is -1.61. The molecule has 2 aromatic carbocycles. The molecular formula is C20H20ClFN2O3. The van der Waals surface area contributed by atoms with Crippen LogP contribution in [-0.4, -0.2) is 35.1 Å². The molecule has 0 aliphatic carbocycles. The summed E-state index contributed by atoms with van der Waals surface area (Å²) in [6, 6.07) is 11.7. The van der Waals surface area contributed by atoms with Crippen molar-refractivity contribution in [3.8, 4) is 11.1 Å². The fraction of sp³-hybridized carbons (Fsp3) is 0.300. The van der Waals surface area contributed by atoms with Gasteiger partial charge in [-0.1, -0.05) is 35.9 Å². The molecule has 1 aliphatic rings. The number of nitrogens with zero attached hydrogens (tertiary/aromatic N) is 1. The first-order chi connectivity index (χ1) is 12.9. The summed E-state index contributed by atoms with van der Waals surface area (Å²) < 4.78 is 14.4. The van der Waals surface area contributed by atoms with E-state index in [1.165, 1.54) is 6.07 Å². The first-order valence-electron chi connectivity index (χ1n) is 8.74. The van der Waals surface area contributed by atoms with E-state index in [1.54, 1.807) is 29.2 Å². The van der Waals surface area contributed by atoms with Crippen molar-refractivity contribution in [1.82, 2.24) is 10.2 Å². The van der Waals surface area contributed by atoms with Gasteiger partial charge < -0.3 is 15.3 Å². The maximum absolute atomic E-state index is 14.4. The van der Waals surface area contributed by atoms with Crippen molar-refractivity contribution in [1.29, 1.82) is 0 Å². The smallest absolute Gasteiger partial charge is 0.317 e. The fourth-order valence-corrected chi connectivity index (χ4v) is 3.25. The molecule has 0 radical (unpaired) electrons. The summed E-state index contributed by atoms with van der Waals surface area (Å²) in [6.45, 7) is 0.853. The van der Waals surface area contributed by atoms with Gasteiger partial charge >= 0.3 is 12.0 Å². The first-order valence-corrected chi connectivity index (χ1v) is 9.12. The quantitative estimate of drug-likeness (QED) is 0.823. The van der Waals surface area contributed by atoms with E-state index in [4.69, 9.17) is 16.7 Å². The molecular weight excluding hydrogens is 371 g/mol. The van der Waals surface area contributed by atoms with Gasteiger partial charge in [0, 0.05) is 30.2 Å². The number of aliphatic carboxylic acids is 1. The minimum Gasteiger partial charge on any atom is -0.481 e. The number of carbonyl (C=O) groups excluding carboxylic acids is 1.